The molecule has 8 rings (SSSR count). The van der Waals surface area contributed by atoms with Gasteiger partial charge in [0.25, 0.3) is 23.6 Å². The number of methoxy groups -OCH3 is 4. The molecule has 13 heteroatoms. The lowest BCUT2D eigenvalue weighted by atomic mass is 10.0. The summed E-state index contributed by atoms with van der Waals surface area (Å²) in [6, 6.07) is 28.8. The zero-order chi connectivity index (χ0) is 40.8. The molecule has 0 aliphatic carbocycles. The number of carbonyl (C=O) groups excluding carboxylic acids is 2. The largest absolute Gasteiger partial charge is 0.491 e. The lowest BCUT2D eigenvalue weighted by molar-refractivity contribution is 0.0989. The molecular formula is C45H37N7O6. The molecule has 0 saturated heterocycles. The molecule has 0 spiro atoms. The zero-order valence-corrected chi connectivity index (χ0v) is 32.2. The summed E-state index contributed by atoms with van der Waals surface area (Å²) in [4.78, 5) is 41.9. The number of hydrogen-bond acceptors (Lipinski definition) is 11. The molecule has 2 aliphatic rings. The van der Waals surface area contributed by atoms with Crippen LogP contribution in [-0.2, 0) is 25.9 Å². The second-order valence-electron chi connectivity index (χ2n) is 13.3. The number of ether oxygens (including phenoxy) is 4. The van der Waals surface area contributed by atoms with Gasteiger partial charge >= 0.3 is 0 Å². The Labute approximate surface area is 335 Å². The lowest BCUT2D eigenvalue weighted by Crippen LogP contribution is -2.23. The van der Waals surface area contributed by atoms with Gasteiger partial charge in [-0.15, -0.1) is 0 Å². The zero-order valence-electron chi connectivity index (χ0n) is 32.2. The first-order chi connectivity index (χ1) is 28.3. The summed E-state index contributed by atoms with van der Waals surface area (Å²) in [7, 11) is 6.23. The first-order valence-electron chi connectivity index (χ1n) is 18.1. The summed E-state index contributed by atoms with van der Waals surface area (Å²) < 4.78 is 21.1. The summed E-state index contributed by atoms with van der Waals surface area (Å²) >= 11 is 0. The molecule has 0 radical (unpaired) electrons. The third kappa shape index (κ3) is 7.70. The molecule has 288 valence electrons. The van der Waals surface area contributed by atoms with Gasteiger partial charge in [-0.3, -0.25) is 14.6 Å². The van der Waals surface area contributed by atoms with Crippen molar-refractivity contribution in [2.24, 2.45) is 0 Å². The summed E-state index contributed by atoms with van der Waals surface area (Å²) in [6.07, 6.45) is 7.30. The second kappa shape index (κ2) is 16.9. The Morgan fingerprint density at radius 1 is 0.569 bits per heavy atom. The quantitative estimate of drug-likeness (QED) is 0.137. The second-order valence-corrected chi connectivity index (χ2v) is 13.3. The maximum absolute atomic E-state index is 12.9. The average molecular weight is 772 g/mol. The summed E-state index contributed by atoms with van der Waals surface area (Å²) in [5, 5.41) is 17.8. The van der Waals surface area contributed by atoms with Gasteiger partial charge in [-0.25, -0.2) is 9.97 Å². The molecule has 58 heavy (non-hydrogen) atoms. The van der Waals surface area contributed by atoms with Crippen LogP contribution in [0.4, 0.5) is 11.4 Å². The smallest absolute Gasteiger partial charge is 0.258 e. The molecule has 0 bridgehead atoms. The van der Waals surface area contributed by atoms with Crippen LogP contribution >= 0.6 is 0 Å². The van der Waals surface area contributed by atoms with Crippen molar-refractivity contribution in [2.45, 2.75) is 25.9 Å². The van der Waals surface area contributed by atoms with Crippen LogP contribution < -0.4 is 28.7 Å². The number of carbonyl (C=O) groups is 2. The van der Waals surface area contributed by atoms with Crippen LogP contribution in [0.25, 0.3) is 22.3 Å². The number of anilines is 2. The maximum atomic E-state index is 12.9. The third-order valence-corrected chi connectivity index (χ3v) is 9.83. The summed E-state index contributed by atoms with van der Waals surface area (Å²) in [6.45, 7) is 0.930. The van der Waals surface area contributed by atoms with Crippen molar-refractivity contribution in [1.82, 2.24) is 15.0 Å². The highest BCUT2D eigenvalue weighted by Gasteiger charge is 2.30. The molecule has 2 amide bonds. The third-order valence-electron chi connectivity index (χ3n) is 9.83. The SMILES string of the molecule is COc1cc(-c2ccc3c(c2)CN(c2cccc(CC#N)c2)C3=O)cnc1OC.COc1cc(-c2ccc3c(c2)CN(c2cncc(CC#N)c2)C3=O)cnc1OC. The molecule has 0 saturated carbocycles. The van der Waals surface area contributed by atoms with Gasteiger partial charge in [-0.1, -0.05) is 24.3 Å². The predicted molar refractivity (Wildman–Crippen MR) is 216 cm³/mol. The van der Waals surface area contributed by atoms with E-state index in [1.54, 1.807) is 63.0 Å². The Morgan fingerprint density at radius 3 is 1.60 bits per heavy atom. The molecule has 3 aromatic carbocycles. The van der Waals surface area contributed by atoms with Crippen LogP contribution in [0.3, 0.4) is 0 Å². The van der Waals surface area contributed by atoms with Crippen molar-refractivity contribution >= 4 is 23.2 Å². The Morgan fingerprint density at radius 2 is 1.09 bits per heavy atom. The Kier molecular flexibility index (Phi) is 11.2. The minimum Gasteiger partial charge on any atom is -0.491 e. The fraction of sp³-hybridized carbons (Fsp3) is 0.178. The van der Waals surface area contributed by atoms with Crippen molar-refractivity contribution in [1.29, 1.82) is 10.5 Å². The highest BCUT2D eigenvalue weighted by atomic mass is 16.5. The fourth-order valence-electron chi connectivity index (χ4n) is 6.93. The highest BCUT2D eigenvalue weighted by molar-refractivity contribution is 6.11. The normalized spacial score (nSPS) is 12.4. The van der Waals surface area contributed by atoms with E-state index in [0.717, 1.165) is 50.2 Å². The molecule has 2 aliphatic heterocycles. The molecule has 0 atom stereocenters. The number of rotatable bonds is 10. The Hall–Kier alpha value is -7.77. The van der Waals surface area contributed by atoms with E-state index in [-0.39, 0.29) is 18.2 Å². The standard InChI is InChI=1S/C23H19N3O3.C22H18N4O3/c1-28-21-12-17(13-25-22(21)29-2)16-6-7-20-18(11-16)14-26(23(20)27)19-5-3-4-15(10-19)8-9-24;1-28-20-9-16(11-25-21(20)29-2)15-3-4-19-17(8-15)13-26(22(19)27)18-7-14(5-6-23)10-24-12-18/h3-7,10-13H,8,14H2,1-2H3;3-4,7-12H,5,13H2,1-2H3. The van der Waals surface area contributed by atoms with Gasteiger partial charge in [0.05, 0.1) is 78.4 Å². The Balaban J connectivity index is 0.000000177. The van der Waals surface area contributed by atoms with Gasteiger partial charge in [0.2, 0.25) is 0 Å². The minimum atomic E-state index is -0.0760. The van der Waals surface area contributed by atoms with Crippen LogP contribution in [0.1, 0.15) is 43.0 Å². The van der Waals surface area contributed by atoms with E-state index in [9.17, 15) is 9.59 Å². The number of amides is 2. The van der Waals surface area contributed by atoms with E-state index in [1.807, 2.05) is 78.9 Å². The van der Waals surface area contributed by atoms with E-state index < -0.39 is 0 Å². The number of pyridine rings is 3. The molecule has 6 aromatic rings. The molecule has 0 unspecified atom stereocenters. The molecule has 0 fully saturated rings. The van der Waals surface area contributed by atoms with Gasteiger partial charge in [0.15, 0.2) is 11.5 Å². The van der Waals surface area contributed by atoms with Crippen LogP contribution in [0.5, 0.6) is 23.3 Å². The van der Waals surface area contributed by atoms with Crippen molar-refractivity contribution in [2.75, 3.05) is 38.2 Å². The number of benzene rings is 3. The van der Waals surface area contributed by atoms with Crippen LogP contribution in [0.2, 0.25) is 0 Å². The monoisotopic (exact) mass is 771 g/mol. The minimum absolute atomic E-state index is 0.0360. The average Bonchev–Trinajstić information content (AvgIpc) is 3.78. The van der Waals surface area contributed by atoms with Crippen molar-refractivity contribution in [3.05, 3.63) is 137 Å². The number of nitrogens with zero attached hydrogens (tertiary/aromatic N) is 7. The number of nitriles is 2. The van der Waals surface area contributed by atoms with E-state index in [1.165, 1.54) is 0 Å². The maximum Gasteiger partial charge on any atom is 0.258 e. The van der Waals surface area contributed by atoms with Gasteiger partial charge in [0, 0.05) is 46.5 Å². The lowest BCUT2D eigenvalue weighted by Gasteiger charge is -2.16. The van der Waals surface area contributed by atoms with E-state index in [4.69, 9.17) is 29.5 Å². The molecule has 13 nitrogen and oxygen atoms in total. The van der Waals surface area contributed by atoms with Gasteiger partial charge in [-0.2, -0.15) is 10.5 Å². The predicted octanol–water partition coefficient (Wildman–Crippen LogP) is 7.38. The fourth-order valence-corrected chi connectivity index (χ4v) is 6.93. The highest BCUT2D eigenvalue weighted by Crippen LogP contribution is 2.36. The van der Waals surface area contributed by atoms with Crippen LogP contribution in [0.15, 0.2) is 104 Å². The topological polar surface area (TPSA) is 164 Å². The van der Waals surface area contributed by atoms with Crippen molar-refractivity contribution in [3.63, 3.8) is 0 Å². The van der Waals surface area contributed by atoms with Crippen molar-refractivity contribution < 1.29 is 28.5 Å². The summed E-state index contributed by atoms with van der Waals surface area (Å²) in [5.41, 5.74) is 10.0. The molecular weight excluding hydrogens is 735 g/mol. The van der Waals surface area contributed by atoms with E-state index >= 15 is 0 Å². The number of fused-ring (bicyclic) bond motifs is 2. The van der Waals surface area contributed by atoms with Crippen molar-refractivity contribution in [3.8, 4) is 57.7 Å². The first-order valence-corrected chi connectivity index (χ1v) is 18.1. The number of aromatic nitrogens is 3. The first kappa shape index (κ1) is 38.5. The van der Waals surface area contributed by atoms with Gasteiger partial charge in [-0.05, 0) is 88.0 Å². The molecule has 3 aromatic heterocycles. The Bertz CT molecular complexity index is 2450. The molecule has 5 heterocycles. The summed E-state index contributed by atoms with van der Waals surface area (Å²) in [5.74, 6) is 1.83. The van der Waals surface area contributed by atoms with E-state index in [2.05, 4.69) is 27.1 Å². The van der Waals surface area contributed by atoms with Crippen LogP contribution in [-0.4, -0.2) is 55.2 Å². The van der Waals surface area contributed by atoms with Gasteiger partial charge in [0.1, 0.15) is 0 Å². The number of hydrogen-bond donors (Lipinski definition) is 0. The molecule has 0 N–H and O–H groups in total. The van der Waals surface area contributed by atoms with Gasteiger partial charge < -0.3 is 28.7 Å². The van der Waals surface area contributed by atoms with Crippen LogP contribution in [0, 0.1) is 22.7 Å². The van der Waals surface area contributed by atoms with E-state index in [0.29, 0.717) is 59.6 Å².